The number of benzene rings is 1. The van der Waals surface area contributed by atoms with Crippen LogP contribution in [0.25, 0.3) is 0 Å². The summed E-state index contributed by atoms with van der Waals surface area (Å²) in [5.74, 6) is -0.241. The Labute approximate surface area is 150 Å². The van der Waals surface area contributed by atoms with Crippen molar-refractivity contribution in [1.82, 2.24) is 0 Å². The van der Waals surface area contributed by atoms with Gasteiger partial charge in [0, 0.05) is 6.42 Å². The molecule has 0 bridgehead atoms. The Morgan fingerprint density at radius 1 is 1.19 bits per heavy atom. The van der Waals surface area contributed by atoms with E-state index in [1.807, 2.05) is 0 Å². The number of carbonyl (C=O) groups is 1. The first-order valence-corrected chi connectivity index (χ1v) is 9.79. The van der Waals surface area contributed by atoms with E-state index in [2.05, 4.69) is 4.18 Å². The second-order valence-electron chi connectivity index (χ2n) is 6.29. The number of hydrogen-bond donors (Lipinski definition) is 0. The molecule has 1 aliphatic carbocycles. The minimum Gasteiger partial charge on any atom is -0.466 e. The first kappa shape index (κ1) is 20.5. The molecule has 2 unspecified atom stereocenters. The first-order chi connectivity index (χ1) is 12.1. The lowest BCUT2D eigenvalue weighted by Crippen LogP contribution is -2.28. The average Bonchev–Trinajstić information content (AvgIpc) is 2.54. The van der Waals surface area contributed by atoms with Crippen LogP contribution in [0.1, 0.15) is 50.5 Å². The molecule has 0 amide bonds. The topological polar surface area (TPSA) is 69.7 Å². The molecule has 1 aromatic carbocycles. The monoisotopic (exact) mass is 394 g/mol. The predicted molar refractivity (Wildman–Crippen MR) is 88.0 cm³/mol. The third-order valence-electron chi connectivity index (χ3n) is 4.38. The highest BCUT2D eigenvalue weighted by Crippen LogP contribution is 2.38. The molecule has 1 aromatic rings. The lowest BCUT2D eigenvalue weighted by Gasteiger charge is -2.29. The van der Waals surface area contributed by atoms with E-state index in [1.165, 1.54) is 12.1 Å². The van der Waals surface area contributed by atoms with E-state index in [0.717, 1.165) is 31.2 Å². The van der Waals surface area contributed by atoms with Crippen LogP contribution in [0.15, 0.2) is 24.3 Å². The Bertz CT molecular complexity index is 713. The number of esters is 1. The van der Waals surface area contributed by atoms with Gasteiger partial charge in [0.2, 0.25) is 0 Å². The van der Waals surface area contributed by atoms with Crippen molar-refractivity contribution in [3.8, 4) is 5.75 Å². The maximum Gasteiger partial charge on any atom is 0.534 e. The number of ether oxygens (including phenoxy) is 1. The molecule has 1 aliphatic rings. The summed E-state index contributed by atoms with van der Waals surface area (Å²) in [5, 5.41) is 0. The SMILES string of the molecule is CCOC(=O)CC1CCCC(c2ccc(OS(=O)(=O)C(F)(F)F)cc2)C1. The fourth-order valence-electron chi connectivity index (χ4n) is 3.20. The second-order valence-corrected chi connectivity index (χ2v) is 7.83. The largest absolute Gasteiger partial charge is 0.534 e. The molecule has 1 fully saturated rings. The molecule has 0 saturated heterocycles. The zero-order valence-corrected chi connectivity index (χ0v) is 15.1. The number of rotatable bonds is 6. The maximum absolute atomic E-state index is 12.3. The minimum atomic E-state index is -5.67. The van der Waals surface area contributed by atoms with E-state index < -0.39 is 15.6 Å². The molecule has 146 valence electrons. The van der Waals surface area contributed by atoms with Crippen LogP contribution >= 0.6 is 0 Å². The maximum atomic E-state index is 12.3. The molecule has 5 nitrogen and oxygen atoms in total. The van der Waals surface area contributed by atoms with E-state index in [-0.39, 0.29) is 23.6 Å². The van der Waals surface area contributed by atoms with Crippen molar-refractivity contribution < 1.29 is 35.3 Å². The second kappa shape index (κ2) is 8.28. The van der Waals surface area contributed by atoms with Crippen LogP contribution in [0.5, 0.6) is 5.75 Å². The summed E-state index contributed by atoms with van der Waals surface area (Å²) in [6.45, 7) is 2.10. The summed E-state index contributed by atoms with van der Waals surface area (Å²) in [5.41, 5.74) is -4.58. The average molecular weight is 394 g/mol. The summed E-state index contributed by atoms with van der Waals surface area (Å²) in [4.78, 5) is 11.6. The number of halogens is 3. The molecule has 26 heavy (non-hydrogen) atoms. The van der Waals surface area contributed by atoms with E-state index in [0.29, 0.717) is 13.0 Å². The van der Waals surface area contributed by atoms with Gasteiger partial charge in [-0.3, -0.25) is 4.79 Å². The van der Waals surface area contributed by atoms with Gasteiger partial charge >= 0.3 is 21.6 Å². The van der Waals surface area contributed by atoms with Crippen LogP contribution in [0.4, 0.5) is 13.2 Å². The van der Waals surface area contributed by atoms with Gasteiger partial charge < -0.3 is 8.92 Å². The van der Waals surface area contributed by atoms with Gasteiger partial charge in [0.25, 0.3) is 0 Å². The highest BCUT2D eigenvalue weighted by molar-refractivity contribution is 7.88. The molecule has 0 N–H and O–H groups in total. The fraction of sp³-hybridized carbons (Fsp3) is 0.588. The Hall–Kier alpha value is -1.77. The van der Waals surface area contributed by atoms with Gasteiger partial charge in [-0.1, -0.05) is 18.6 Å². The van der Waals surface area contributed by atoms with Gasteiger partial charge in [0.1, 0.15) is 5.75 Å². The summed E-state index contributed by atoms with van der Waals surface area (Å²) in [6.07, 6.45) is 3.91. The van der Waals surface area contributed by atoms with Crippen LogP contribution in [-0.4, -0.2) is 26.5 Å². The van der Waals surface area contributed by atoms with Crippen LogP contribution in [0.3, 0.4) is 0 Å². The van der Waals surface area contributed by atoms with Crippen LogP contribution < -0.4 is 4.18 Å². The summed E-state index contributed by atoms with van der Waals surface area (Å²) < 4.78 is 68.1. The van der Waals surface area contributed by atoms with Crippen molar-refractivity contribution >= 4 is 16.1 Å². The molecule has 9 heteroatoms. The molecule has 0 radical (unpaired) electrons. The zero-order valence-electron chi connectivity index (χ0n) is 14.3. The van der Waals surface area contributed by atoms with Crippen LogP contribution in [0.2, 0.25) is 0 Å². The number of hydrogen-bond acceptors (Lipinski definition) is 5. The Morgan fingerprint density at radius 3 is 2.42 bits per heavy atom. The highest BCUT2D eigenvalue weighted by Gasteiger charge is 2.48. The van der Waals surface area contributed by atoms with E-state index >= 15 is 0 Å². The molecule has 1 saturated carbocycles. The molecule has 0 spiro atoms. The molecular weight excluding hydrogens is 373 g/mol. The quantitative estimate of drug-likeness (QED) is 0.412. The minimum absolute atomic E-state index is 0.163. The standard InChI is InChI=1S/C17H21F3O5S/c1-2-24-16(21)11-12-4-3-5-14(10-12)13-6-8-15(9-7-13)25-26(22,23)17(18,19)20/h6-9,12,14H,2-5,10-11H2,1H3. The fourth-order valence-corrected chi connectivity index (χ4v) is 3.66. The zero-order chi connectivity index (χ0) is 19.4. The predicted octanol–water partition coefficient (Wildman–Crippen LogP) is 4.14. The van der Waals surface area contributed by atoms with Crippen LogP contribution in [-0.2, 0) is 19.6 Å². The Kier molecular flexibility index (Phi) is 6.54. The lowest BCUT2D eigenvalue weighted by molar-refractivity contribution is -0.144. The molecule has 2 atom stereocenters. The van der Waals surface area contributed by atoms with Gasteiger partial charge in [-0.25, -0.2) is 0 Å². The van der Waals surface area contributed by atoms with E-state index in [4.69, 9.17) is 4.74 Å². The molecule has 0 heterocycles. The highest BCUT2D eigenvalue weighted by atomic mass is 32.2. The van der Waals surface area contributed by atoms with Crippen molar-refractivity contribution in [1.29, 1.82) is 0 Å². The van der Waals surface area contributed by atoms with Crippen molar-refractivity contribution in [2.45, 2.75) is 50.5 Å². The Morgan fingerprint density at radius 2 is 1.85 bits per heavy atom. The van der Waals surface area contributed by atoms with Crippen molar-refractivity contribution in [2.24, 2.45) is 5.92 Å². The van der Waals surface area contributed by atoms with E-state index in [9.17, 15) is 26.4 Å². The Balaban J connectivity index is 2.00. The van der Waals surface area contributed by atoms with Crippen LogP contribution in [0, 0.1) is 5.92 Å². The van der Waals surface area contributed by atoms with Gasteiger partial charge in [-0.05, 0) is 55.7 Å². The van der Waals surface area contributed by atoms with Crippen molar-refractivity contribution in [3.63, 3.8) is 0 Å². The summed E-state index contributed by atoms with van der Waals surface area (Å²) >= 11 is 0. The molecule has 2 rings (SSSR count). The molecular formula is C17H21F3O5S. The first-order valence-electron chi connectivity index (χ1n) is 8.38. The normalized spacial score (nSPS) is 21.2. The smallest absolute Gasteiger partial charge is 0.466 e. The number of carbonyl (C=O) groups excluding carboxylic acids is 1. The third kappa shape index (κ3) is 5.36. The van der Waals surface area contributed by atoms with Crippen molar-refractivity contribution in [2.75, 3.05) is 6.61 Å². The lowest BCUT2D eigenvalue weighted by atomic mass is 9.77. The third-order valence-corrected chi connectivity index (χ3v) is 5.36. The van der Waals surface area contributed by atoms with E-state index in [1.54, 1.807) is 19.1 Å². The number of alkyl halides is 3. The van der Waals surface area contributed by atoms with Gasteiger partial charge in [-0.2, -0.15) is 21.6 Å². The van der Waals surface area contributed by atoms with Gasteiger partial charge in [0.15, 0.2) is 0 Å². The summed E-state index contributed by atoms with van der Waals surface area (Å²) in [6, 6.07) is 5.57. The molecule has 0 aliphatic heterocycles. The van der Waals surface area contributed by atoms with Gasteiger partial charge in [0.05, 0.1) is 6.61 Å². The summed E-state index contributed by atoms with van der Waals surface area (Å²) in [7, 11) is -5.67. The van der Waals surface area contributed by atoms with Crippen molar-refractivity contribution in [3.05, 3.63) is 29.8 Å². The van der Waals surface area contributed by atoms with Gasteiger partial charge in [-0.15, -0.1) is 0 Å². The molecule has 0 aromatic heterocycles.